The molecule has 0 saturated heterocycles. The van der Waals surface area contributed by atoms with Crippen molar-refractivity contribution in [3.05, 3.63) is 59.6 Å². The summed E-state index contributed by atoms with van der Waals surface area (Å²) in [6.45, 7) is 2.09. The lowest BCUT2D eigenvalue weighted by atomic mass is 10.2. The van der Waals surface area contributed by atoms with Crippen molar-refractivity contribution in [2.24, 2.45) is 7.05 Å². The number of aromatic nitrogens is 4. The molecule has 0 bridgehead atoms. The van der Waals surface area contributed by atoms with Crippen LogP contribution in [0.1, 0.15) is 18.7 Å². The Kier molecular flexibility index (Phi) is 3.66. The molecule has 0 aliphatic carbocycles. The van der Waals surface area contributed by atoms with Crippen LogP contribution >= 0.6 is 11.6 Å². The standard InChI is InChI=1S/C15H16ClN5/c1-11(14-7-9-17-20(14)2)19-13-6-3-5-12(16)15(13)21-10-4-8-18-21/h3-11,19H,1-2H3. The predicted molar refractivity (Wildman–Crippen MR) is 83.8 cm³/mol. The van der Waals surface area contributed by atoms with Crippen LogP contribution in [0.5, 0.6) is 0 Å². The summed E-state index contributed by atoms with van der Waals surface area (Å²) in [5.74, 6) is 0. The van der Waals surface area contributed by atoms with Crippen LogP contribution in [0.3, 0.4) is 0 Å². The third kappa shape index (κ3) is 2.64. The third-order valence-electron chi connectivity index (χ3n) is 3.39. The minimum Gasteiger partial charge on any atom is -0.375 e. The maximum Gasteiger partial charge on any atom is 0.106 e. The molecule has 108 valence electrons. The number of aryl methyl sites for hydroxylation is 1. The number of hydrogen-bond acceptors (Lipinski definition) is 3. The number of rotatable bonds is 4. The highest BCUT2D eigenvalue weighted by atomic mass is 35.5. The SMILES string of the molecule is CC(Nc1cccc(Cl)c1-n1cccn1)c1ccnn1C. The van der Waals surface area contributed by atoms with E-state index in [2.05, 4.69) is 22.4 Å². The molecule has 1 aromatic carbocycles. The van der Waals surface area contributed by atoms with Gasteiger partial charge in [0.1, 0.15) is 5.69 Å². The van der Waals surface area contributed by atoms with E-state index in [0.717, 1.165) is 17.1 Å². The zero-order valence-electron chi connectivity index (χ0n) is 11.9. The Balaban J connectivity index is 1.96. The molecule has 1 N–H and O–H groups in total. The van der Waals surface area contributed by atoms with E-state index in [0.29, 0.717) is 5.02 Å². The van der Waals surface area contributed by atoms with Gasteiger partial charge in [0.2, 0.25) is 0 Å². The maximum atomic E-state index is 6.34. The summed E-state index contributed by atoms with van der Waals surface area (Å²) in [5, 5.41) is 12.6. The zero-order valence-corrected chi connectivity index (χ0v) is 12.6. The molecule has 6 heteroatoms. The number of benzene rings is 1. The predicted octanol–water partition coefficient (Wildman–Crippen LogP) is 3.43. The van der Waals surface area contributed by atoms with Gasteiger partial charge in [-0.25, -0.2) is 4.68 Å². The molecule has 1 unspecified atom stereocenters. The molecule has 5 nitrogen and oxygen atoms in total. The van der Waals surface area contributed by atoms with Crippen LogP contribution in [0.25, 0.3) is 5.69 Å². The maximum absolute atomic E-state index is 6.34. The first-order valence-electron chi connectivity index (χ1n) is 6.70. The summed E-state index contributed by atoms with van der Waals surface area (Å²) in [4.78, 5) is 0. The van der Waals surface area contributed by atoms with Gasteiger partial charge in [0.05, 0.1) is 22.4 Å². The van der Waals surface area contributed by atoms with Crippen LogP contribution in [0.4, 0.5) is 5.69 Å². The number of nitrogens with one attached hydrogen (secondary N) is 1. The van der Waals surface area contributed by atoms with E-state index >= 15 is 0 Å². The normalized spacial score (nSPS) is 12.3. The van der Waals surface area contributed by atoms with E-state index in [1.54, 1.807) is 17.1 Å². The summed E-state index contributed by atoms with van der Waals surface area (Å²) < 4.78 is 3.62. The third-order valence-corrected chi connectivity index (χ3v) is 3.70. The van der Waals surface area contributed by atoms with Crippen molar-refractivity contribution in [3.8, 4) is 5.69 Å². The van der Waals surface area contributed by atoms with Crippen molar-refractivity contribution >= 4 is 17.3 Å². The Bertz CT molecular complexity index is 732. The van der Waals surface area contributed by atoms with E-state index in [9.17, 15) is 0 Å². The lowest BCUT2D eigenvalue weighted by Crippen LogP contribution is -2.13. The highest BCUT2D eigenvalue weighted by Crippen LogP contribution is 2.30. The molecule has 0 fully saturated rings. The molecule has 0 radical (unpaired) electrons. The van der Waals surface area contributed by atoms with E-state index < -0.39 is 0 Å². The monoisotopic (exact) mass is 301 g/mol. The van der Waals surface area contributed by atoms with Gasteiger partial charge in [0.25, 0.3) is 0 Å². The average molecular weight is 302 g/mol. The number of nitrogens with zero attached hydrogens (tertiary/aromatic N) is 4. The van der Waals surface area contributed by atoms with Crippen molar-refractivity contribution in [2.75, 3.05) is 5.32 Å². The number of anilines is 1. The van der Waals surface area contributed by atoms with Gasteiger partial charge in [-0.2, -0.15) is 10.2 Å². The van der Waals surface area contributed by atoms with Crippen molar-refractivity contribution in [1.29, 1.82) is 0 Å². The van der Waals surface area contributed by atoms with Crippen LogP contribution in [-0.2, 0) is 7.05 Å². The lowest BCUT2D eigenvalue weighted by molar-refractivity contribution is 0.675. The molecule has 0 aliphatic heterocycles. The first-order valence-corrected chi connectivity index (χ1v) is 7.07. The Morgan fingerprint density at radius 2 is 2.00 bits per heavy atom. The fourth-order valence-electron chi connectivity index (χ4n) is 2.38. The van der Waals surface area contributed by atoms with Crippen molar-refractivity contribution < 1.29 is 0 Å². The lowest BCUT2D eigenvalue weighted by Gasteiger charge is -2.19. The Hall–Kier alpha value is -2.27. The van der Waals surface area contributed by atoms with Gasteiger partial charge in [-0.1, -0.05) is 17.7 Å². The van der Waals surface area contributed by atoms with Gasteiger partial charge >= 0.3 is 0 Å². The zero-order chi connectivity index (χ0) is 14.8. The second-order valence-corrected chi connectivity index (χ2v) is 5.24. The quantitative estimate of drug-likeness (QED) is 0.803. The molecule has 0 aliphatic rings. The minimum absolute atomic E-state index is 0.102. The first kappa shape index (κ1) is 13.7. The fourth-order valence-corrected chi connectivity index (χ4v) is 2.64. The summed E-state index contributed by atoms with van der Waals surface area (Å²) in [5.41, 5.74) is 2.87. The molecule has 1 atom stereocenters. The van der Waals surface area contributed by atoms with E-state index in [1.165, 1.54) is 0 Å². The van der Waals surface area contributed by atoms with Gasteiger partial charge in [0, 0.05) is 25.6 Å². The second-order valence-electron chi connectivity index (χ2n) is 4.83. The highest BCUT2D eigenvalue weighted by Gasteiger charge is 2.14. The average Bonchev–Trinajstić information content (AvgIpc) is 3.10. The largest absolute Gasteiger partial charge is 0.375 e. The van der Waals surface area contributed by atoms with Gasteiger partial charge in [-0.15, -0.1) is 0 Å². The summed E-state index contributed by atoms with van der Waals surface area (Å²) in [6.07, 6.45) is 5.40. The number of halogens is 1. The molecule has 3 rings (SSSR count). The number of hydrogen-bond donors (Lipinski definition) is 1. The smallest absolute Gasteiger partial charge is 0.106 e. The molecular formula is C15H16ClN5. The first-order chi connectivity index (χ1) is 10.2. The van der Waals surface area contributed by atoms with Crippen LogP contribution in [0, 0.1) is 0 Å². The van der Waals surface area contributed by atoms with Crippen molar-refractivity contribution in [1.82, 2.24) is 19.6 Å². The molecular weight excluding hydrogens is 286 g/mol. The van der Waals surface area contributed by atoms with Gasteiger partial charge in [-0.05, 0) is 31.2 Å². The molecule has 0 saturated carbocycles. The van der Waals surface area contributed by atoms with E-state index in [1.807, 2.05) is 48.3 Å². The Labute approximate surface area is 128 Å². The van der Waals surface area contributed by atoms with Crippen LogP contribution in [0.15, 0.2) is 48.9 Å². The van der Waals surface area contributed by atoms with Gasteiger partial charge in [-0.3, -0.25) is 4.68 Å². The van der Waals surface area contributed by atoms with Crippen molar-refractivity contribution in [3.63, 3.8) is 0 Å². The molecule has 21 heavy (non-hydrogen) atoms. The van der Waals surface area contributed by atoms with E-state index in [4.69, 9.17) is 11.6 Å². The van der Waals surface area contributed by atoms with Crippen LogP contribution in [-0.4, -0.2) is 19.6 Å². The minimum atomic E-state index is 0.102. The molecule has 3 aromatic rings. The van der Waals surface area contributed by atoms with E-state index in [-0.39, 0.29) is 6.04 Å². The Morgan fingerprint density at radius 3 is 2.67 bits per heavy atom. The Morgan fingerprint density at radius 1 is 1.14 bits per heavy atom. The van der Waals surface area contributed by atoms with Crippen LogP contribution in [0.2, 0.25) is 5.02 Å². The topological polar surface area (TPSA) is 47.7 Å². The number of para-hydroxylation sites is 1. The summed E-state index contributed by atoms with van der Waals surface area (Å²) in [6, 6.07) is 9.75. The molecule has 0 spiro atoms. The fraction of sp³-hybridized carbons (Fsp3) is 0.200. The summed E-state index contributed by atoms with van der Waals surface area (Å²) >= 11 is 6.34. The molecule has 2 heterocycles. The second kappa shape index (κ2) is 5.61. The summed E-state index contributed by atoms with van der Waals surface area (Å²) in [7, 11) is 1.93. The van der Waals surface area contributed by atoms with Gasteiger partial charge < -0.3 is 5.32 Å². The van der Waals surface area contributed by atoms with Gasteiger partial charge in [0.15, 0.2) is 0 Å². The molecule has 0 amide bonds. The highest BCUT2D eigenvalue weighted by molar-refractivity contribution is 6.33. The van der Waals surface area contributed by atoms with Crippen LogP contribution < -0.4 is 5.32 Å². The molecule has 2 aromatic heterocycles. The van der Waals surface area contributed by atoms with Crippen molar-refractivity contribution in [2.45, 2.75) is 13.0 Å².